The van der Waals surface area contributed by atoms with Crippen molar-refractivity contribution in [2.45, 2.75) is 53.0 Å². The maximum absolute atomic E-state index is 12.5. The molecule has 120 valence electrons. The van der Waals surface area contributed by atoms with E-state index in [4.69, 9.17) is 4.42 Å². The lowest BCUT2D eigenvalue weighted by Crippen LogP contribution is -2.28. The van der Waals surface area contributed by atoms with Crippen molar-refractivity contribution in [3.05, 3.63) is 17.1 Å². The van der Waals surface area contributed by atoms with E-state index in [9.17, 15) is 13.5 Å². The third kappa shape index (κ3) is 2.43. The molecule has 1 aliphatic carbocycles. The first-order valence-electron chi connectivity index (χ1n) is 7.16. The second-order valence-electron chi connectivity index (χ2n) is 7.03. The molecule has 2 rings (SSSR count). The van der Waals surface area contributed by atoms with E-state index in [-0.39, 0.29) is 22.3 Å². The summed E-state index contributed by atoms with van der Waals surface area (Å²) in [6, 6.07) is 0. The van der Waals surface area contributed by atoms with Gasteiger partial charge in [-0.05, 0) is 30.6 Å². The molecule has 0 saturated heterocycles. The molecular weight excluding hydrogens is 290 g/mol. The van der Waals surface area contributed by atoms with Gasteiger partial charge >= 0.3 is 0 Å². The van der Waals surface area contributed by atoms with Crippen LogP contribution in [0.25, 0.3) is 0 Å². The van der Waals surface area contributed by atoms with Crippen molar-refractivity contribution in [1.29, 1.82) is 0 Å². The van der Waals surface area contributed by atoms with Crippen molar-refractivity contribution in [3.8, 4) is 0 Å². The number of furan rings is 1. The Morgan fingerprint density at radius 1 is 1.14 bits per heavy atom. The van der Waals surface area contributed by atoms with E-state index < -0.39 is 10.0 Å². The molecule has 0 aliphatic heterocycles. The van der Waals surface area contributed by atoms with Crippen molar-refractivity contribution >= 4 is 10.0 Å². The lowest BCUT2D eigenvalue weighted by molar-refractivity contribution is 0.276. The number of sulfonamides is 1. The molecule has 1 saturated carbocycles. The molecule has 1 fully saturated rings. The third-order valence-electron chi connectivity index (χ3n) is 5.55. The highest BCUT2D eigenvalue weighted by Crippen LogP contribution is 2.68. The van der Waals surface area contributed by atoms with Gasteiger partial charge in [0.15, 0.2) is 0 Å². The molecule has 5 nitrogen and oxygen atoms in total. The first kappa shape index (κ1) is 16.5. The van der Waals surface area contributed by atoms with E-state index in [1.165, 1.54) is 0 Å². The number of aryl methyl sites for hydroxylation is 2. The summed E-state index contributed by atoms with van der Waals surface area (Å²) in [6.45, 7) is 11.9. The fraction of sp³-hybridized carbons (Fsp3) is 0.733. The van der Waals surface area contributed by atoms with Crippen LogP contribution in [-0.2, 0) is 16.6 Å². The monoisotopic (exact) mass is 315 g/mol. The van der Waals surface area contributed by atoms with Gasteiger partial charge in [0.2, 0.25) is 10.0 Å². The van der Waals surface area contributed by atoms with Crippen molar-refractivity contribution in [2.75, 3.05) is 6.54 Å². The van der Waals surface area contributed by atoms with Gasteiger partial charge in [0, 0.05) is 12.1 Å². The van der Waals surface area contributed by atoms with Crippen LogP contribution >= 0.6 is 0 Å². The first-order chi connectivity index (χ1) is 9.46. The highest BCUT2D eigenvalue weighted by Gasteiger charge is 2.64. The predicted molar refractivity (Wildman–Crippen MR) is 80.3 cm³/mol. The molecule has 0 bridgehead atoms. The standard InChI is InChI=1S/C15H25NO4S/c1-9-11(8-17)13(10(2)20-9)21(18,19)16-7-12-14(3,4)15(12,5)6/h12,16-17H,7-8H2,1-6H3. The zero-order chi connectivity index (χ0) is 16.2. The summed E-state index contributed by atoms with van der Waals surface area (Å²) in [6.07, 6.45) is 0. The van der Waals surface area contributed by atoms with E-state index in [1.54, 1.807) is 13.8 Å². The highest BCUT2D eigenvalue weighted by atomic mass is 32.2. The molecule has 0 unspecified atom stereocenters. The summed E-state index contributed by atoms with van der Waals surface area (Å²) in [5.74, 6) is 1.06. The van der Waals surface area contributed by atoms with E-state index in [0.717, 1.165) is 0 Å². The largest absolute Gasteiger partial charge is 0.465 e. The van der Waals surface area contributed by atoms with Gasteiger partial charge in [-0.25, -0.2) is 13.1 Å². The molecule has 21 heavy (non-hydrogen) atoms. The molecule has 2 N–H and O–H groups in total. The average Bonchev–Trinajstić information content (AvgIpc) is 2.60. The number of rotatable bonds is 5. The van der Waals surface area contributed by atoms with Gasteiger partial charge < -0.3 is 9.52 Å². The van der Waals surface area contributed by atoms with E-state index in [1.807, 2.05) is 0 Å². The summed E-state index contributed by atoms with van der Waals surface area (Å²) in [5.41, 5.74) is 0.585. The van der Waals surface area contributed by atoms with Gasteiger partial charge in [-0.3, -0.25) is 0 Å². The Labute approximate surface area is 126 Å². The van der Waals surface area contributed by atoms with Crippen molar-refractivity contribution in [1.82, 2.24) is 4.72 Å². The zero-order valence-electron chi connectivity index (χ0n) is 13.6. The number of hydrogen-bond acceptors (Lipinski definition) is 4. The van der Waals surface area contributed by atoms with Crippen LogP contribution in [0.2, 0.25) is 0 Å². The fourth-order valence-electron chi connectivity index (χ4n) is 3.35. The summed E-state index contributed by atoms with van der Waals surface area (Å²) in [4.78, 5) is 0.0822. The first-order valence-corrected chi connectivity index (χ1v) is 8.64. The smallest absolute Gasteiger partial charge is 0.244 e. The summed E-state index contributed by atoms with van der Waals surface area (Å²) in [7, 11) is -3.67. The molecule has 0 spiro atoms. The Morgan fingerprint density at radius 3 is 2.10 bits per heavy atom. The predicted octanol–water partition coefficient (Wildman–Crippen LogP) is 2.35. The quantitative estimate of drug-likeness (QED) is 0.874. The number of hydrogen-bond donors (Lipinski definition) is 2. The van der Waals surface area contributed by atoms with Crippen LogP contribution in [0, 0.1) is 30.6 Å². The second-order valence-corrected chi connectivity index (χ2v) is 8.73. The average molecular weight is 315 g/mol. The Morgan fingerprint density at radius 2 is 1.67 bits per heavy atom. The van der Waals surface area contributed by atoms with Crippen molar-refractivity contribution in [2.24, 2.45) is 16.7 Å². The molecule has 1 aromatic heterocycles. The number of aliphatic hydroxyl groups is 1. The molecule has 1 aliphatic rings. The van der Waals surface area contributed by atoms with Gasteiger partial charge in [0.25, 0.3) is 0 Å². The van der Waals surface area contributed by atoms with Crippen LogP contribution < -0.4 is 4.72 Å². The minimum absolute atomic E-state index is 0.0822. The van der Waals surface area contributed by atoms with E-state index in [0.29, 0.717) is 29.5 Å². The van der Waals surface area contributed by atoms with Crippen LogP contribution in [0.15, 0.2) is 9.31 Å². The lowest BCUT2D eigenvalue weighted by Gasteiger charge is -2.08. The minimum atomic E-state index is -3.67. The molecule has 0 atom stereocenters. The Kier molecular flexibility index (Phi) is 3.80. The van der Waals surface area contributed by atoms with Crippen molar-refractivity contribution < 1.29 is 17.9 Å². The van der Waals surface area contributed by atoms with Crippen LogP contribution in [0.4, 0.5) is 0 Å². The van der Waals surface area contributed by atoms with Gasteiger partial charge in [-0.1, -0.05) is 27.7 Å². The Bertz CT molecular complexity index is 641. The maximum Gasteiger partial charge on any atom is 0.244 e. The fourth-order valence-corrected chi connectivity index (χ4v) is 4.84. The van der Waals surface area contributed by atoms with Gasteiger partial charge in [-0.15, -0.1) is 0 Å². The van der Waals surface area contributed by atoms with Gasteiger partial charge in [-0.2, -0.15) is 0 Å². The normalized spacial score (nSPS) is 20.7. The van der Waals surface area contributed by atoms with Crippen LogP contribution in [-0.4, -0.2) is 20.1 Å². The highest BCUT2D eigenvalue weighted by molar-refractivity contribution is 7.89. The molecular formula is C15H25NO4S. The van der Waals surface area contributed by atoms with Crippen LogP contribution in [0.3, 0.4) is 0 Å². The maximum atomic E-state index is 12.5. The van der Waals surface area contributed by atoms with Crippen molar-refractivity contribution in [3.63, 3.8) is 0 Å². The SMILES string of the molecule is Cc1oc(C)c(S(=O)(=O)NCC2C(C)(C)C2(C)C)c1CO. The molecule has 0 aromatic carbocycles. The minimum Gasteiger partial charge on any atom is -0.465 e. The topological polar surface area (TPSA) is 79.5 Å². The summed E-state index contributed by atoms with van der Waals surface area (Å²) >= 11 is 0. The lowest BCUT2D eigenvalue weighted by atomic mass is 10.0. The summed E-state index contributed by atoms with van der Waals surface area (Å²) < 4.78 is 33.1. The van der Waals surface area contributed by atoms with Gasteiger partial charge in [0.05, 0.1) is 6.61 Å². The zero-order valence-corrected chi connectivity index (χ0v) is 14.4. The van der Waals surface area contributed by atoms with Gasteiger partial charge in [0.1, 0.15) is 16.4 Å². The Balaban J connectivity index is 2.22. The van der Waals surface area contributed by atoms with Crippen LogP contribution in [0.1, 0.15) is 44.8 Å². The number of nitrogens with one attached hydrogen (secondary N) is 1. The summed E-state index contributed by atoms with van der Waals surface area (Å²) in [5, 5.41) is 9.38. The molecule has 1 heterocycles. The second kappa shape index (κ2) is 4.83. The molecule has 0 radical (unpaired) electrons. The molecule has 6 heteroatoms. The Hall–Kier alpha value is -0.850. The van der Waals surface area contributed by atoms with E-state index in [2.05, 4.69) is 32.4 Å². The third-order valence-corrected chi connectivity index (χ3v) is 7.17. The van der Waals surface area contributed by atoms with Crippen LogP contribution in [0.5, 0.6) is 0 Å². The molecule has 1 aromatic rings. The number of aliphatic hydroxyl groups excluding tert-OH is 1. The molecule has 0 amide bonds. The van der Waals surface area contributed by atoms with E-state index >= 15 is 0 Å².